The SMILES string of the molecule is CC(C)(C)OC(=O)N1CCc2c(c(=O)n(Cc3ccccc3F)c3ncccc23)C1. The molecule has 156 valence electrons. The fourth-order valence-electron chi connectivity index (χ4n) is 3.79. The predicted octanol–water partition coefficient (Wildman–Crippen LogP) is 3.88. The lowest BCUT2D eigenvalue weighted by Gasteiger charge is -2.31. The van der Waals surface area contributed by atoms with Crippen molar-refractivity contribution < 1.29 is 13.9 Å². The van der Waals surface area contributed by atoms with E-state index in [1.807, 2.05) is 32.9 Å². The Balaban J connectivity index is 1.80. The molecule has 1 aliphatic rings. The van der Waals surface area contributed by atoms with E-state index in [9.17, 15) is 14.0 Å². The van der Waals surface area contributed by atoms with E-state index >= 15 is 0 Å². The van der Waals surface area contributed by atoms with Gasteiger partial charge in [0.05, 0.1) is 13.1 Å². The molecule has 0 radical (unpaired) electrons. The van der Waals surface area contributed by atoms with Gasteiger partial charge in [0.25, 0.3) is 5.56 Å². The highest BCUT2D eigenvalue weighted by Crippen LogP contribution is 2.26. The van der Waals surface area contributed by atoms with Crippen LogP contribution in [0.5, 0.6) is 0 Å². The van der Waals surface area contributed by atoms with Crippen LogP contribution in [-0.2, 0) is 24.2 Å². The van der Waals surface area contributed by atoms with Crippen molar-refractivity contribution in [1.29, 1.82) is 0 Å². The number of carbonyl (C=O) groups is 1. The smallest absolute Gasteiger partial charge is 0.410 e. The van der Waals surface area contributed by atoms with Gasteiger partial charge in [0.1, 0.15) is 17.1 Å². The largest absolute Gasteiger partial charge is 0.444 e. The summed E-state index contributed by atoms with van der Waals surface area (Å²) < 4.78 is 21.2. The Kier molecular flexibility index (Phi) is 5.05. The number of pyridine rings is 2. The van der Waals surface area contributed by atoms with E-state index in [2.05, 4.69) is 4.98 Å². The minimum atomic E-state index is -0.615. The fraction of sp³-hybridized carbons (Fsp3) is 0.348. The van der Waals surface area contributed by atoms with E-state index < -0.39 is 11.7 Å². The second-order valence-electron chi connectivity index (χ2n) is 8.47. The van der Waals surface area contributed by atoms with Crippen molar-refractivity contribution in [3.05, 3.63) is 75.5 Å². The van der Waals surface area contributed by atoms with E-state index in [4.69, 9.17) is 4.74 Å². The Morgan fingerprint density at radius 1 is 1.17 bits per heavy atom. The number of halogens is 1. The van der Waals surface area contributed by atoms with Crippen LogP contribution in [-0.4, -0.2) is 32.7 Å². The summed E-state index contributed by atoms with van der Waals surface area (Å²) in [5, 5.41) is 0.854. The summed E-state index contributed by atoms with van der Waals surface area (Å²) in [5.74, 6) is -0.374. The van der Waals surface area contributed by atoms with Crippen LogP contribution in [0.4, 0.5) is 9.18 Å². The molecule has 4 rings (SSSR count). The van der Waals surface area contributed by atoms with E-state index in [-0.39, 0.29) is 24.5 Å². The third kappa shape index (κ3) is 3.79. The first-order chi connectivity index (χ1) is 14.2. The van der Waals surface area contributed by atoms with Crippen molar-refractivity contribution >= 4 is 17.1 Å². The molecule has 6 nitrogen and oxygen atoms in total. The maximum Gasteiger partial charge on any atom is 0.410 e. The second-order valence-corrected chi connectivity index (χ2v) is 8.47. The Hall–Kier alpha value is -3.22. The number of ether oxygens (including phenoxy) is 1. The molecule has 0 spiro atoms. The van der Waals surface area contributed by atoms with Gasteiger partial charge in [-0.2, -0.15) is 0 Å². The van der Waals surface area contributed by atoms with Gasteiger partial charge in [-0.05, 0) is 51.0 Å². The first-order valence-electron chi connectivity index (χ1n) is 9.95. The molecule has 1 amide bonds. The van der Waals surface area contributed by atoms with Gasteiger partial charge in [-0.1, -0.05) is 18.2 Å². The zero-order valence-electron chi connectivity index (χ0n) is 17.3. The standard InChI is InChI=1S/C23H24FN3O3/c1-23(2,3)30-22(29)26-12-10-16-17-8-6-11-25-20(17)27(21(28)18(16)14-26)13-15-7-4-5-9-19(15)24/h4-9,11H,10,12-14H2,1-3H3. The quantitative estimate of drug-likeness (QED) is 0.644. The second kappa shape index (κ2) is 7.55. The number of rotatable bonds is 2. The molecule has 1 aromatic carbocycles. The van der Waals surface area contributed by atoms with Crippen molar-refractivity contribution in [2.24, 2.45) is 0 Å². The van der Waals surface area contributed by atoms with Crippen LogP contribution in [0.25, 0.3) is 11.0 Å². The van der Waals surface area contributed by atoms with Gasteiger partial charge in [0, 0.05) is 29.3 Å². The zero-order chi connectivity index (χ0) is 21.5. The predicted molar refractivity (Wildman–Crippen MR) is 112 cm³/mol. The molecule has 7 heteroatoms. The van der Waals surface area contributed by atoms with E-state index in [1.54, 1.807) is 29.3 Å². The normalized spacial score (nSPS) is 13.9. The average Bonchev–Trinajstić information content (AvgIpc) is 2.71. The van der Waals surface area contributed by atoms with Crippen molar-refractivity contribution in [2.75, 3.05) is 6.54 Å². The fourth-order valence-corrected chi connectivity index (χ4v) is 3.79. The van der Waals surface area contributed by atoms with Crippen LogP contribution >= 0.6 is 0 Å². The minimum absolute atomic E-state index is 0.0682. The number of aromatic nitrogens is 2. The molecule has 0 aliphatic carbocycles. The molecular weight excluding hydrogens is 385 g/mol. The third-order valence-electron chi connectivity index (χ3n) is 5.15. The highest BCUT2D eigenvalue weighted by Gasteiger charge is 2.29. The van der Waals surface area contributed by atoms with Crippen LogP contribution < -0.4 is 5.56 Å². The molecule has 0 saturated heterocycles. The first-order valence-corrected chi connectivity index (χ1v) is 9.95. The van der Waals surface area contributed by atoms with Gasteiger partial charge in [-0.25, -0.2) is 14.2 Å². The van der Waals surface area contributed by atoms with Crippen LogP contribution in [0.15, 0.2) is 47.4 Å². The van der Waals surface area contributed by atoms with Crippen LogP contribution in [0.2, 0.25) is 0 Å². The van der Waals surface area contributed by atoms with Crippen molar-refractivity contribution in [3.8, 4) is 0 Å². The van der Waals surface area contributed by atoms with Crippen LogP contribution in [0, 0.1) is 5.82 Å². The summed E-state index contributed by atoms with van der Waals surface area (Å²) in [6.07, 6.45) is 1.72. The summed E-state index contributed by atoms with van der Waals surface area (Å²) in [6.45, 7) is 6.11. The Morgan fingerprint density at radius 2 is 1.93 bits per heavy atom. The Bertz CT molecular complexity index is 1180. The highest BCUT2D eigenvalue weighted by molar-refractivity contribution is 5.81. The first kappa shape index (κ1) is 20.1. The molecule has 3 heterocycles. The lowest BCUT2D eigenvalue weighted by atomic mass is 9.97. The highest BCUT2D eigenvalue weighted by atomic mass is 19.1. The average molecular weight is 409 g/mol. The van der Waals surface area contributed by atoms with Gasteiger partial charge in [-0.3, -0.25) is 9.36 Å². The summed E-state index contributed by atoms with van der Waals surface area (Å²) in [6, 6.07) is 10.1. The molecule has 0 atom stereocenters. The molecule has 30 heavy (non-hydrogen) atoms. The Labute approximate surface area is 173 Å². The number of hydrogen-bond donors (Lipinski definition) is 0. The Morgan fingerprint density at radius 3 is 2.67 bits per heavy atom. The molecule has 2 aromatic heterocycles. The zero-order valence-corrected chi connectivity index (χ0v) is 17.3. The molecule has 0 N–H and O–H groups in total. The number of fused-ring (bicyclic) bond motifs is 3. The maximum atomic E-state index is 14.3. The number of amides is 1. The third-order valence-corrected chi connectivity index (χ3v) is 5.15. The number of benzene rings is 1. The van der Waals surface area contributed by atoms with Crippen LogP contribution in [0.1, 0.15) is 37.5 Å². The molecule has 0 saturated carbocycles. The summed E-state index contributed by atoms with van der Waals surface area (Å²) in [7, 11) is 0. The van der Waals surface area contributed by atoms with Gasteiger partial charge in [-0.15, -0.1) is 0 Å². The molecule has 0 bridgehead atoms. The van der Waals surface area contributed by atoms with Gasteiger partial charge < -0.3 is 9.64 Å². The molecule has 3 aromatic rings. The van der Waals surface area contributed by atoms with E-state index in [1.165, 1.54) is 10.6 Å². The molecule has 0 fully saturated rings. The maximum absolute atomic E-state index is 14.3. The van der Waals surface area contributed by atoms with Gasteiger partial charge >= 0.3 is 6.09 Å². The minimum Gasteiger partial charge on any atom is -0.444 e. The summed E-state index contributed by atoms with van der Waals surface area (Å²) >= 11 is 0. The lowest BCUT2D eigenvalue weighted by Crippen LogP contribution is -2.43. The van der Waals surface area contributed by atoms with E-state index in [0.29, 0.717) is 29.7 Å². The molecular formula is C23H24FN3O3. The van der Waals surface area contributed by atoms with Gasteiger partial charge in [0.2, 0.25) is 0 Å². The monoisotopic (exact) mass is 409 g/mol. The van der Waals surface area contributed by atoms with E-state index in [0.717, 1.165) is 10.9 Å². The number of hydrogen-bond acceptors (Lipinski definition) is 4. The molecule has 1 aliphatic heterocycles. The lowest BCUT2D eigenvalue weighted by molar-refractivity contribution is 0.0223. The van der Waals surface area contributed by atoms with Crippen molar-refractivity contribution in [3.63, 3.8) is 0 Å². The van der Waals surface area contributed by atoms with Crippen LogP contribution in [0.3, 0.4) is 0 Å². The van der Waals surface area contributed by atoms with Gasteiger partial charge in [0.15, 0.2) is 0 Å². The summed E-state index contributed by atoms with van der Waals surface area (Å²) in [5.41, 5.74) is 1.49. The topological polar surface area (TPSA) is 64.4 Å². The number of nitrogens with zero attached hydrogens (tertiary/aromatic N) is 3. The summed E-state index contributed by atoms with van der Waals surface area (Å²) in [4.78, 5) is 31.9. The number of carbonyl (C=O) groups excluding carboxylic acids is 1. The van der Waals surface area contributed by atoms with Crippen molar-refractivity contribution in [2.45, 2.75) is 45.9 Å². The van der Waals surface area contributed by atoms with Crippen molar-refractivity contribution in [1.82, 2.24) is 14.5 Å². The molecule has 0 unspecified atom stereocenters.